The normalized spacial score (nSPS) is 11.8. The van der Waals surface area contributed by atoms with Gasteiger partial charge in [-0.1, -0.05) is 158 Å². The molecule has 0 saturated heterocycles. The molecule has 0 aliphatic heterocycles. The third kappa shape index (κ3) is 17.9. The molecule has 2 atom stereocenters. The van der Waals surface area contributed by atoms with Gasteiger partial charge in [0.25, 0.3) is 0 Å². The molecule has 328 valence electrons. The summed E-state index contributed by atoms with van der Waals surface area (Å²) >= 11 is 0. The number of para-hydroxylation sites is 2. The Morgan fingerprint density at radius 3 is 1.48 bits per heavy atom. The summed E-state index contributed by atoms with van der Waals surface area (Å²) in [6.07, 6.45) is 21.2. The summed E-state index contributed by atoms with van der Waals surface area (Å²) in [7, 11) is 0. The smallest absolute Gasteiger partial charge is 0.329 e. The second-order valence-corrected chi connectivity index (χ2v) is 15.5. The first-order valence-electron chi connectivity index (χ1n) is 21.9. The van der Waals surface area contributed by atoms with Crippen molar-refractivity contribution in [2.24, 2.45) is 0 Å². The monoisotopic (exact) mass is 936 g/mol. The van der Waals surface area contributed by atoms with E-state index in [2.05, 4.69) is 34.4 Å². The zero-order chi connectivity index (χ0) is 42.1. The van der Waals surface area contributed by atoms with E-state index in [0.717, 1.165) is 77.0 Å². The molecule has 0 spiro atoms. The molecule has 2 aromatic heterocycles. The molecule has 5 aromatic rings. The lowest BCUT2D eigenvalue weighted by atomic mass is 10.0. The molecular formula is C49H69IN4O6. The maximum atomic E-state index is 12.9. The van der Waals surface area contributed by atoms with Crippen LogP contribution in [0.2, 0.25) is 0 Å². The number of hydrogen-bond donors (Lipinski definition) is 5. The summed E-state index contributed by atoms with van der Waals surface area (Å²) in [5.74, 6) is -1.67. The first kappa shape index (κ1) is 49.7. The van der Waals surface area contributed by atoms with E-state index in [9.17, 15) is 24.3 Å². The molecule has 60 heavy (non-hydrogen) atoms. The van der Waals surface area contributed by atoms with E-state index in [1.54, 1.807) is 0 Å². The van der Waals surface area contributed by atoms with Crippen LogP contribution in [0.25, 0.3) is 21.8 Å². The Hall–Kier alpha value is -4.65. The van der Waals surface area contributed by atoms with Crippen molar-refractivity contribution in [2.45, 2.75) is 148 Å². The molecule has 0 fully saturated rings. The lowest BCUT2D eigenvalue weighted by Crippen LogP contribution is -2.43. The third-order valence-electron chi connectivity index (χ3n) is 10.7. The number of fused-ring (bicyclic) bond motifs is 2. The highest BCUT2D eigenvalue weighted by atomic mass is 127. The molecule has 2 amide bonds. The van der Waals surface area contributed by atoms with Crippen LogP contribution in [-0.4, -0.2) is 50.9 Å². The van der Waals surface area contributed by atoms with Gasteiger partial charge in [0.05, 0.1) is 0 Å². The lowest BCUT2D eigenvalue weighted by Gasteiger charge is -2.18. The van der Waals surface area contributed by atoms with Crippen molar-refractivity contribution in [1.82, 2.24) is 20.6 Å². The molecule has 0 radical (unpaired) electrons. The predicted molar refractivity (Wildman–Crippen MR) is 254 cm³/mol. The van der Waals surface area contributed by atoms with Crippen molar-refractivity contribution in [3.63, 3.8) is 0 Å². The molecule has 0 bridgehead atoms. The van der Waals surface area contributed by atoms with Crippen LogP contribution < -0.4 is 10.6 Å². The van der Waals surface area contributed by atoms with Crippen molar-refractivity contribution in [3.05, 3.63) is 108 Å². The number of aromatic nitrogens is 2. The zero-order valence-corrected chi connectivity index (χ0v) is 38.0. The number of amides is 2. The van der Waals surface area contributed by atoms with Gasteiger partial charge in [-0.05, 0) is 41.7 Å². The number of rotatable bonds is 26. The highest BCUT2D eigenvalue weighted by molar-refractivity contribution is 14.0. The molecule has 0 unspecified atom stereocenters. The number of carboxylic acids is 1. The number of carbonyl (C=O) groups excluding carboxylic acids is 3. The average molecular weight is 937 g/mol. The summed E-state index contributed by atoms with van der Waals surface area (Å²) in [6, 6.07) is 23.7. The fourth-order valence-electron chi connectivity index (χ4n) is 7.28. The van der Waals surface area contributed by atoms with E-state index >= 15 is 0 Å². The Balaban J connectivity index is 0.000000418. The van der Waals surface area contributed by atoms with Gasteiger partial charge >= 0.3 is 11.9 Å². The first-order chi connectivity index (χ1) is 28.8. The number of H-pyrrole nitrogens is 2. The number of aromatic amines is 2. The van der Waals surface area contributed by atoms with Gasteiger partial charge in [0.2, 0.25) is 11.8 Å². The van der Waals surface area contributed by atoms with Crippen LogP contribution in [0.1, 0.15) is 135 Å². The van der Waals surface area contributed by atoms with E-state index in [0.29, 0.717) is 19.3 Å². The fourth-order valence-corrected chi connectivity index (χ4v) is 7.28. The number of ether oxygens (including phenoxy) is 1. The minimum atomic E-state index is -0.997. The van der Waals surface area contributed by atoms with Crippen molar-refractivity contribution < 1.29 is 30.4 Å². The first-order valence-corrected chi connectivity index (χ1v) is 21.9. The standard InChI is InChI=1S/C28H36N2O3.C21H30N2O3.HI.H2/c1-2-3-4-5-6-7-11-18-27(31)30-26(28(32)33-21-22-14-9-8-10-15-22)19-23-20-29-25-17-13-12-16-24(23)25;1-2-3-4-5-6-7-8-13-20(24)23-19(21(25)26)14-16-15-22-18-12-10-9-11-17(16)18;;/h8-10,12-17,20,26,29H,2-7,11,18-19,21H2,1H3,(H,30,31);9-12,15,19,22H,2-8,13-14H2,1H3,(H,23,24)(H,25,26);2*1H/t26-;19-;;/m00../s1. The Kier molecular flexibility index (Phi) is 23.8. The third-order valence-corrected chi connectivity index (χ3v) is 10.7. The van der Waals surface area contributed by atoms with Gasteiger partial charge in [-0.25, -0.2) is 9.59 Å². The topological polar surface area (TPSA) is 153 Å². The SMILES string of the molecule is CCCCCCCCCC(=O)N[C@@H](Cc1c[nH]c2ccccc12)C(=O)O.CCCCCCCCCC(=O)N[C@@H](Cc1c[nH]c2ccccc12)C(=O)OCc1ccccc1.I.[HH]. The molecule has 3 aromatic carbocycles. The van der Waals surface area contributed by atoms with Crippen molar-refractivity contribution in [1.29, 1.82) is 0 Å². The number of aliphatic carboxylic acids is 1. The highest BCUT2D eigenvalue weighted by Crippen LogP contribution is 2.21. The summed E-state index contributed by atoms with van der Waals surface area (Å²) in [5, 5.41) is 17.1. The molecule has 5 N–H and O–H groups in total. The Morgan fingerprint density at radius 1 is 0.583 bits per heavy atom. The Bertz CT molecular complexity index is 2000. The van der Waals surface area contributed by atoms with Crippen molar-refractivity contribution >= 4 is 69.5 Å². The molecule has 0 saturated carbocycles. The largest absolute Gasteiger partial charge is 0.480 e. The summed E-state index contributed by atoms with van der Waals surface area (Å²) in [5.41, 5.74) is 4.80. The number of carbonyl (C=O) groups is 4. The molecular weight excluding hydrogens is 867 g/mol. The summed E-state index contributed by atoms with van der Waals surface area (Å²) < 4.78 is 5.57. The molecule has 5 rings (SSSR count). The van der Waals surface area contributed by atoms with E-state index in [1.165, 1.54) is 51.4 Å². The summed E-state index contributed by atoms with van der Waals surface area (Å²) in [4.78, 5) is 55.6. The molecule has 11 heteroatoms. The van der Waals surface area contributed by atoms with Crippen molar-refractivity contribution in [3.8, 4) is 0 Å². The maximum absolute atomic E-state index is 12.9. The van der Waals surface area contributed by atoms with Crippen LogP contribution in [0, 0.1) is 0 Å². The van der Waals surface area contributed by atoms with Crippen LogP contribution >= 0.6 is 24.0 Å². The van der Waals surface area contributed by atoms with E-state index in [-0.39, 0.29) is 50.2 Å². The van der Waals surface area contributed by atoms with Gasteiger partial charge < -0.3 is 30.4 Å². The van der Waals surface area contributed by atoms with E-state index in [1.807, 2.05) is 91.3 Å². The Morgan fingerprint density at radius 2 is 1.00 bits per heavy atom. The lowest BCUT2D eigenvalue weighted by molar-refractivity contribution is -0.149. The van der Waals surface area contributed by atoms with Gasteiger partial charge in [0.15, 0.2) is 0 Å². The molecule has 0 aliphatic rings. The molecule has 0 aliphatic carbocycles. The van der Waals surface area contributed by atoms with Crippen LogP contribution in [0.4, 0.5) is 0 Å². The quantitative estimate of drug-likeness (QED) is 0.0211. The number of esters is 1. The fraction of sp³-hybridized carbons (Fsp3) is 0.469. The second-order valence-electron chi connectivity index (χ2n) is 15.5. The minimum absolute atomic E-state index is 0. The predicted octanol–water partition coefficient (Wildman–Crippen LogP) is 11.4. The number of carboxylic acid groups (broad SMARTS) is 1. The minimum Gasteiger partial charge on any atom is -0.480 e. The van der Waals surface area contributed by atoms with Crippen LogP contribution in [0.3, 0.4) is 0 Å². The number of hydrogen-bond acceptors (Lipinski definition) is 5. The number of unbranched alkanes of at least 4 members (excludes halogenated alkanes) is 12. The molecule has 2 heterocycles. The van der Waals surface area contributed by atoms with Crippen molar-refractivity contribution in [2.75, 3.05) is 0 Å². The van der Waals surface area contributed by atoms with Gasteiger partial charge in [-0.3, -0.25) is 9.59 Å². The van der Waals surface area contributed by atoms with Gasteiger partial charge in [0, 0.05) is 61.3 Å². The number of nitrogens with one attached hydrogen (secondary N) is 4. The van der Waals surface area contributed by atoms with Crippen LogP contribution in [-0.2, 0) is 43.4 Å². The van der Waals surface area contributed by atoms with E-state index < -0.39 is 24.0 Å². The number of benzene rings is 3. The van der Waals surface area contributed by atoms with E-state index in [4.69, 9.17) is 4.74 Å². The molecule has 10 nitrogen and oxygen atoms in total. The average Bonchev–Trinajstić information content (AvgIpc) is 3.86. The number of halogens is 1. The van der Waals surface area contributed by atoms with Crippen LogP contribution in [0.5, 0.6) is 0 Å². The second kappa shape index (κ2) is 28.8. The van der Waals surface area contributed by atoms with Crippen LogP contribution in [0.15, 0.2) is 91.3 Å². The van der Waals surface area contributed by atoms with Gasteiger partial charge in [-0.2, -0.15) is 0 Å². The summed E-state index contributed by atoms with van der Waals surface area (Å²) in [6.45, 7) is 4.60. The highest BCUT2D eigenvalue weighted by Gasteiger charge is 2.24. The zero-order valence-electron chi connectivity index (χ0n) is 35.6. The van der Waals surface area contributed by atoms with Gasteiger partial charge in [0.1, 0.15) is 18.7 Å². The Labute approximate surface area is 374 Å². The van der Waals surface area contributed by atoms with Gasteiger partial charge in [-0.15, -0.1) is 24.0 Å². The maximum Gasteiger partial charge on any atom is 0.329 e.